The Morgan fingerprint density at radius 2 is 1.83 bits per heavy atom. The number of imidazole rings is 1. The summed E-state index contributed by atoms with van der Waals surface area (Å²) < 4.78 is 39.9. The maximum atomic E-state index is 14.6. The van der Waals surface area contributed by atoms with Gasteiger partial charge in [0.2, 0.25) is 5.95 Å². The molecular weight excluding hydrogens is 469 g/mol. The molecule has 35 heavy (non-hydrogen) atoms. The maximum absolute atomic E-state index is 14.6. The summed E-state index contributed by atoms with van der Waals surface area (Å²) in [6.45, 7) is 3.75. The summed E-state index contributed by atoms with van der Waals surface area (Å²) in [5, 5.41) is 2.98. The highest BCUT2D eigenvalue weighted by Crippen LogP contribution is 2.31. The number of rotatable bonds is 6. The van der Waals surface area contributed by atoms with Crippen LogP contribution in [0.15, 0.2) is 54.1 Å². The molecular formula is C24H26FN7O2S. The molecule has 9 nitrogen and oxygen atoms in total. The number of nitrogens with zero attached hydrogens (tertiary/aromatic N) is 6. The molecule has 3 aromatic heterocycles. The minimum atomic E-state index is -3.49. The van der Waals surface area contributed by atoms with Gasteiger partial charge in [-0.05, 0) is 43.0 Å². The second kappa shape index (κ2) is 9.21. The highest BCUT2D eigenvalue weighted by molar-refractivity contribution is 7.90. The molecule has 4 aromatic rings. The van der Waals surface area contributed by atoms with E-state index >= 15 is 0 Å². The van der Waals surface area contributed by atoms with Crippen molar-refractivity contribution in [1.82, 2.24) is 24.3 Å². The second-order valence-electron chi connectivity index (χ2n) is 8.69. The van der Waals surface area contributed by atoms with E-state index in [0.717, 1.165) is 67.5 Å². The third-order valence-electron chi connectivity index (χ3n) is 6.35. The average Bonchev–Trinajstić information content (AvgIpc) is 3.30. The Hall–Kier alpha value is -3.60. The van der Waals surface area contributed by atoms with E-state index in [1.807, 2.05) is 23.0 Å². The maximum Gasteiger partial charge on any atom is 0.225 e. The number of sulfone groups is 1. The fourth-order valence-corrected chi connectivity index (χ4v) is 4.97. The number of anilines is 3. The van der Waals surface area contributed by atoms with Crippen molar-refractivity contribution in [2.45, 2.75) is 37.0 Å². The van der Waals surface area contributed by atoms with Crippen molar-refractivity contribution in [3.63, 3.8) is 0 Å². The van der Waals surface area contributed by atoms with Crippen LogP contribution >= 0.6 is 0 Å². The predicted octanol–water partition coefficient (Wildman–Crippen LogP) is 3.75. The molecule has 0 unspecified atom stereocenters. The number of hydrogen-bond donors (Lipinski definition) is 1. The Balaban J connectivity index is 1.34. The number of benzene rings is 1. The summed E-state index contributed by atoms with van der Waals surface area (Å²) in [4.78, 5) is 20.2. The molecule has 11 heteroatoms. The van der Waals surface area contributed by atoms with Crippen molar-refractivity contribution >= 4 is 32.8 Å². The highest BCUT2D eigenvalue weighted by atomic mass is 32.2. The monoisotopic (exact) mass is 495 g/mol. The first-order valence-electron chi connectivity index (χ1n) is 11.5. The van der Waals surface area contributed by atoms with Crippen LogP contribution in [0.2, 0.25) is 0 Å². The van der Waals surface area contributed by atoms with Crippen molar-refractivity contribution in [3.8, 4) is 0 Å². The summed E-state index contributed by atoms with van der Waals surface area (Å²) in [5.74, 6) is 1.72. The minimum absolute atomic E-state index is 0.0728. The molecule has 1 N–H and O–H groups in total. The largest absolute Gasteiger partial charge is 0.341 e. The molecule has 0 bridgehead atoms. The lowest BCUT2D eigenvalue weighted by Gasteiger charge is -2.31. The first-order valence-corrected chi connectivity index (χ1v) is 13.4. The lowest BCUT2D eigenvalue weighted by atomic mass is 9.96. The Morgan fingerprint density at radius 1 is 1.09 bits per heavy atom. The Labute approximate surface area is 203 Å². The van der Waals surface area contributed by atoms with Gasteiger partial charge in [0.25, 0.3) is 0 Å². The number of fused-ring (bicyclic) bond motifs is 1. The zero-order valence-electron chi connectivity index (χ0n) is 19.5. The van der Waals surface area contributed by atoms with Gasteiger partial charge in [-0.15, -0.1) is 0 Å². The van der Waals surface area contributed by atoms with E-state index in [1.54, 1.807) is 12.4 Å². The molecule has 1 aliphatic heterocycles. The van der Waals surface area contributed by atoms with E-state index in [2.05, 4.69) is 37.1 Å². The van der Waals surface area contributed by atoms with Crippen LogP contribution in [-0.2, 0) is 16.3 Å². The number of hydrogen-bond acceptors (Lipinski definition) is 8. The molecule has 0 saturated carbocycles. The molecule has 1 aromatic carbocycles. The van der Waals surface area contributed by atoms with Crippen molar-refractivity contribution in [2.24, 2.45) is 0 Å². The van der Waals surface area contributed by atoms with E-state index in [-0.39, 0.29) is 16.5 Å². The summed E-state index contributed by atoms with van der Waals surface area (Å²) in [5.41, 5.74) is 1.98. The van der Waals surface area contributed by atoms with Crippen molar-refractivity contribution in [3.05, 3.63) is 66.4 Å². The van der Waals surface area contributed by atoms with Gasteiger partial charge in [0.1, 0.15) is 17.2 Å². The molecule has 182 valence electrons. The molecule has 0 atom stereocenters. The number of nitrogens with one attached hydrogen (secondary N) is 1. The van der Waals surface area contributed by atoms with Gasteiger partial charge >= 0.3 is 0 Å². The molecule has 5 rings (SSSR count). The summed E-state index contributed by atoms with van der Waals surface area (Å²) in [7, 11) is -3.49. The normalized spacial score (nSPS) is 15.0. The van der Waals surface area contributed by atoms with Gasteiger partial charge in [0.05, 0.1) is 16.8 Å². The molecule has 0 radical (unpaired) electrons. The Kier molecular flexibility index (Phi) is 6.10. The number of halogens is 1. The Bertz CT molecular complexity index is 1460. The zero-order chi connectivity index (χ0) is 24.6. The third-order valence-corrected chi connectivity index (χ3v) is 7.46. The van der Waals surface area contributed by atoms with E-state index in [1.165, 1.54) is 12.1 Å². The predicted molar refractivity (Wildman–Crippen MR) is 131 cm³/mol. The zero-order valence-corrected chi connectivity index (χ0v) is 20.3. The highest BCUT2D eigenvalue weighted by Gasteiger charge is 2.26. The molecule has 1 saturated heterocycles. The third kappa shape index (κ3) is 4.68. The molecule has 1 aliphatic rings. The van der Waals surface area contributed by atoms with Gasteiger partial charge in [0.15, 0.2) is 15.7 Å². The topological polar surface area (TPSA) is 105 Å². The van der Waals surface area contributed by atoms with Gasteiger partial charge < -0.3 is 10.2 Å². The van der Waals surface area contributed by atoms with Gasteiger partial charge in [-0.1, -0.05) is 6.92 Å². The van der Waals surface area contributed by atoms with Crippen molar-refractivity contribution in [1.29, 1.82) is 0 Å². The van der Waals surface area contributed by atoms with Crippen molar-refractivity contribution < 1.29 is 12.8 Å². The smallest absolute Gasteiger partial charge is 0.225 e. The summed E-state index contributed by atoms with van der Waals surface area (Å²) in [6.07, 6.45) is 12.8. The number of aromatic nitrogens is 5. The van der Waals surface area contributed by atoms with Crippen LogP contribution in [0.25, 0.3) is 5.52 Å². The first kappa shape index (κ1) is 23.2. The van der Waals surface area contributed by atoms with Crippen LogP contribution in [0.5, 0.6) is 0 Å². The molecule has 0 aliphatic carbocycles. The average molecular weight is 496 g/mol. The molecule has 1 fully saturated rings. The van der Waals surface area contributed by atoms with Gasteiger partial charge in [-0.3, -0.25) is 4.40 Å². The molecule has 0 amide bonds. The van der Waals surface area contributed by atoms with E-state index < -0.39 is 15.7 Å². The molecule has 0 spiro atoms. The van der Waals surface area contributed by atoms with Crippen LogP contribution in [-0.4, -0.2) is 52.1 Å². The Morgan fingerprint density at radius 3 is 2.49 bits per heavy atom. The SMILES string of the molecule is CCc1cnc(N2CCC(c3ncc4c(Nc5ccc(S(C)(=O)=O)cc5F)nccn34)CC2)nc1. The van der Waals surface area contributed by atoms with Crippen LogP contribution in [0, 0.1) is 5.82 Å². The lowest BCUT2D eigenvalue weighted by Crippen LogP contribution is -2.34. The quantitative estimate of drug-likeness (QED) is 0.431. The first-order chi connectivity index (χ1) is 16.8. The van der Waals surface area contributed by atoms with Gasteiger partial charge in [-0.25, -0.2) is 32.7 Å². The van der Waals surface area contributed by atoms with Gasteiger partial charge in [-0.2, -0.15) is 0 Å². The van der Waals surface area contributed by atoms with Crippen molar-refractivity contribution in [2.75, 3.05) is 29.6 Å². The van der Waals surface area contributed by atoms with Crippen LogP contribution in [0.4, 0.5) is 21.8 Å². The van der Waals surface area contributed by atoms with Gasteiger partial charge in [0, 0.05) is 50.1 Å². The standard InChI is InChI=1S/C24H26FN7O2S/c1-3-16-13-28-24(29-14-16)31-9-6-17(7-10-31)23-27-15-21-22(26-8-11-32(21)23)30-20-5-4-18(12-19(20)25)35(2,33)34/h4-5,8,11-15,17H,3,6-7,9-10H2,1-2H3,(H,26,30). The fraction of sp³-hybridized carbons (Fsp3) is 0.333. The fourth-order valence-electron chi connectivity index (χ4n) is 4.33. The van der Waals surface area contributed by atoms with E-state index in [9.17, 15) is 12.8 Å². The lowest BCUT2D eigenvalue weighted by molar-refractivity contribution is 0.479. The number of piperidine rings is 1. The van der Waals surface area contributed by atoms with Crippen LogP contribution in [0.3, 0.4) is 0 Å². The van der Waals surface area contributed by atoms with Crippen LogP contribution in [0.1, 0.15) is 37.1 Å². The van der Waals surface area contributed by atoms with E-state index in [0.29, 0.717) is 5.82 Å². The second-order valence-corrected chi connectivity index (χ2v) is 10.7. The van der Waals surface area contributed by atoms with E-state index in [4.69, 9.17) is 0 Å². The summed E-state index contributed by atoms with van der Waals surface area (Å²) in [6, 6.07) is 3.78. The minimum Gasteiger partial charge on any atom is -0.341 e. The molecule has 4 heterocycles. The summed E-state index contributed by atoms with van der Waals surface area (Å²) >= 11 is 0. The van der Waals surface area contributed by atoms with Crippen LogP contribution < -0.4 is 10.2 Å². The number of aryl methyl sites for hydroxylation is 1.